The number of benzene rings is 1. The number of H-pyrrole nitrogens is 1. The molecule has 0 radical (unpaired) electrons. The summed E-state index contributed by atoms with van der Waals surface area (Å²) in [5.41, 5.74) is 2.91. The van der Waals surface area contributed by atoms with Crippen LogP contribution in [0.25, 0.3) is 10.9 Å². The fraction of sp³-hybridized carbons (Fsp3) is 0.154. The minimum Gasteiger partial charge on any atom is -0.360 e. The molecule has 19 heavy (non-hydrogen) atoms. The standard InChI is InChI=1S/C13H12N4OS/c1-8(16-17-13-15-12(18)7-19-13)10-6-14-11-5-3-2-4-9(10)11/h2-6,14H,7H2,1H3,(H,15,17,18). The van der Waals surface area contributed by atoms with Gasteiger partial charge in [0.25, 0.3) is 0 Å². The number of nitrogens with zero attached hydrogens (tertiary/aromatic N) is 2. The maximum atomic E-state index is 11.0. The number of fused-ring (bicyclic) bond motifs is 1. The van der Waals surface area contributed by atoms with E-state index in [1.807, 2.05) is 37.4 Å². The molecule has 0 saturated carbocycles. The molecule has 3 rings (SSSR count). The molecule has 2 N–H and O–H groups in total. The van der Waals surface area contributed by atoms with Crippen molar-refractivity contribution in [3.05, 3.63) is 36.0 Å². The fourth-order valence-electron chi connectivity index (χ4n) is 1.92. The van der Waals surface area contributed by atoms with Gasteiger partial charge in [0.05, 0.1) is 11.5 Å². The molecule has 6 heteroatoms. The lowest BCUT2D eigenvalue weighted by atomic mass is 10.1. The molecule has 1 aliphatic heterocycles. The Hall–Kier alpha value is -2.08. The van der Waals surface area contributed by atoms with Gasteiger partial charge in [-0.15, -0.1) is 5.10 Å². The molecule has 0 unspecified atom stereocenters. The van der Waals surface area contributed by atoms with Gasteiger partial charge in [0, 0.05) is 22.7 Å². The van der Waals surface area contributed by atoms with E-state index in [2.05, 4.69) is 20.5 Å². The van der Waals surface area contributed by atoms with Gasteiger partial charge in [-0.2, -0.15) is 5.10 Å². The number of rotatable bonds is 2. The molecule has 1 saturated heterocycles. The highest BCUT2D eigenvalue weighted by Gasteiger charge is 2.16. The number of amidine groups is 1. The quantitative estimate of drug-likeness (QED) is 0.649. The lowest BCUT2D eigenvalue weighted by Gasteiger charge is -1.96. The Kier molecular flexibility index (Phi) is 3.08. The van der Waals surface area contributed by atoms with Crippen LogP contribution in [0.4, 0.5) is 0 Å². The zero-order valence-corrected chi connectivity index (χ0v) is 11.1. The van der Waals surface area contributed by atoms with Crippen LogP contribution in [0.5, 0.6) is 0 Å². The summed E-state index contributed by atoms with van der Waals surface area (Å²) >= 11 is 1.37. The smallest absolute Gasteiger partial charge is 0.236 e. The summed E-state index contributed by atoms with van der Waals surface area (Å²) in [7, 11) is 0. The molecule has 1 fully saturated rings. The van der Waals surface area contributed by atoms with Crippen molar-refractivity contribution in [2.24, 2.45) is 10.2 Å². The number of para-hydroxylation sites is 1. The zero-order valence-electron chi connectivity index (χ0n) is 10.3. The van der Waals surface area contributed by atoms with Gasteiger partial charge in [0.1, 0.15) is 0 Å². The van der Waals surface area contributed by atoms with Crippen LogP contribution in [0.1, 0.15) is 12.5 Å². The molecule has 96 valence electrons. The first-order chi connectivity index (χ1) is 9.24. The van der Waals surface area contributed by atoms with Crippen LogP contribution in [-0.4, -0.2) is 27.5 Å². The first-order valence-electron chi connectivity index (χ1n) is 5.85. The zero-order chi connectivity index (χ0) is 13.2. The van der Waals surface area contributed by atoms with E-state index in [-0.39, 0.29) is 5.91 Å². The van der Waals surface area contributed by atoms with Crippen LogP contribution in [0, 0.1) is 0 Å². The maximum absolute atomic E-state index is 11.0. The third-order valence-corrected chi connectivity index (χ3v) is 3.72. The van der Waals surface area contributed by atoms with Gasteiger partial charge in [-0.05, 0) is 13.0 Å². The second-order valence-electron chi connectivity index (χ2n) is 4.18. The van der Waals surface area contributed by atoms with E-state index in [0.29, 0.717) is 10.9 Å². The second kappa shape index (κ2) is 4.89. The Morgan fingerprint density at radius 2 is 2.21 bits per heavy atom. The molecule has 0 atom stereocenters. The van der Waals surface area contributed by atoms with Crippen molar-refractivity contribution in [3.8, 4) is 0 Å². The van der Waals surface area contributed by atoms with Crippen LogP contribution in [-0.2, 0) is 4.79 Å². The normalized spacial score (nSPS) is 18.3. The molecule has 2 heterocycles. The van der Waals surface area contributed by atoms with Gasteiger partial charge in [-0.25, -0.2) is 0 Å². The molecule has 0 aliphatic carbocycles. The van der Waals surface area contributed by atoms with Crippen molar-refractivity contribution in [3.63, 3.8) is 0 Å². The highest BCUT2D eigenvalue weighted by molar-refractivity contribution is 8.15. The number of carbonyl (C=O) groups is 1. The van der Waals surface area contributed by atoms with Crippen LogP contribution >= 0.6 is 11.8 Å². The van der Waals surface area contributed by atoms with Crippen LogP contribution in [0.15, 0.2) is 40.7 Å². The average molecular weight is 272 g/mol. The van der Waals surface area contributed by atoms with E-state index in [1.54, 1.807) is 0 Å². The number of aromatic amines is 1. The Bertz CT molecular complexity index is 701. The number of thioether (sulfide) groups is 1. The van der Waals surface area contributed by atoms with E-state index in [1.165, 1.54) is 11.8 Å². The lowest BCUT2D eigenvalue weighted by Crippen LogP contribution is -2.19. The second-order valence-corrected chi connectivity index (χ2v) is 5.14. The van der Waals surface area contributed by atoms with E-state index in [0.717, 1.165) is 22.2 Å². The average Bonchev–Trinajstić information content (AvgIpc) is 3.02. The minimum absolute atomic E-state index is 0.0244. The van der Waals surface area contributed by atoms with Gasteiger partial charge in [0.2, 0.25) is 5.91 Å². The van der Waals surface area contributed by atoms with Crippen molar-refractivity contribution in [2.75, 3.05) is 5.75 Å². The number of carbonyl (C=O) groups excluding carboxylic acids is 1. The SMILES string of the molecule is CC(=NN=C1NC(=O)CS1)c1c[nH]c2ccccc12. The molecule has 1 aromatic heterocycles. The molecule has 5 nitrogen and oxygen atoms in total. The monoisotopic (exact) mass is 272 g/mol. The predicted molar refractivity (Wildman–Crippen MR) is 78.5 cm³/mol. The summed E-state index contributed by atoms with van der Waals surface area (Å²) in [6.07, 6.45) is 1.92. The molecular weight excluding hydrogens is 260 g/mol. The van der Waals surface area contributed by atoms with Gasteiger partial charge < -0.3 is 10.3 Å². The number of hydrogen-bond acceptors (Lipinski definition) is 4. The third kappa shape index (κ3) is 2.39. The first-order valence-corrected chi connectivity index (χ1v) is 6.84. The highest BCUT2D eigenvalue weighted by atomic mass is 32.2. The number of aromatic nitrogens is 1. The molecule has 0 spiro atoms. The predicted octanol–water partition coefficient (Wildman–Crippen LogP) is 2.11. The molecular formula is C13H12N4OS. The summed E-state index contributed by atoms with van der Waals surface area (Å²) in [6.45, 7) is 1.90. The van der Waals surface area contributed by atoms with Gasteiger partial charge in [-0.1, -0.05) is 30.0 Å². The molecule has 0 bridgehead atoms. The number of hydrogen-bond donors (Lipinski definition) is 2. The minimum atomic E-state index is -0.0244. The lowest BCUT2D eigenvalue weighted by molar-refractivity contribution is -0.116. The number of amides is 1. The van der Waals surface area contributed by atoms with Crippen molar-refractivity contribution >= 4 is 39.5 Å². The molecule has 1 aromatic carbocycles. The highest BCUT2D eigenvalue weighted by Crippen LogP contribution is 2.18. The molecule has 1 aliphatic rings. The largest absolute Gasteiger partial charge is 0.360 e. The summed E-state index contributed by atoms with van der Waals surface area (Å²) < 4.78 is 0. The Morgan fingerprint density at radius 3 is 3.00 bits per heavy atom. The van der Waals surface area contributed by atoms with Crippen LogP contribution in [0.2, 0.25) is 0 Å². The topological polar surface area (TPSA) is 69.6 Å². The summed E-state index contributed by atoms with van der Waals surface area (Å²) in [5.74, 6) is 0.393. The third-order valence-electron chi connectivity index (χ3n) is 2.86. The van der Waals surface area contributed by atoms with Crippen LogP contribution < -0.4 is 5.32 Å². The van der Waals surface area contributed by atoms with Gasteiger partial charge in [-0.3, -0.25) is 4.79 Å². The van der Waals surface area contributed by atoms with Crippen molar-refractivity contribution in [1.82, 2.24) is 10.3 Å². The van der Waals surface area contributed by atoms with E-state index in [4.69, 9.17) is 0 Å². The summed E-state index contributed by atoms with van der Waals surface area (Å²) in [5, 5.41) is 12.6. The number of nitrogens with one attached hydrogen (secondary N) is 2. The van der Waals surface area contributed by atoms with E-state index >= 15 is 0 Å². The Labute approximate surface area is 114 Å². The first kappa shape index (κ1) is 12.0. The molecule has 2 aromatic rings. The Balaban J connectivity index is 1.91. The van der Waals surface area contributed by atoms with Crippen molar-refractivity contribution < 1.29 is 4.79 Å². The van der Waals surface area contributed by atoms with E-state index < -0.39 is 0 Å². The van der Waals surface area contributed by atoms with Gasteiger partial charge >= 0.3 is 0 Å². The fourth-order valence-corrected chi connectivity index (χ4v) is 2.55. The summed E-state index contributed by atoms with van der Waals surface area (Å²) in [4.78, 5) is 14.2. The van der Waals surface area contributed by atoms with E-state index in [9.17, 15) is 4.79 Å². The van der Waals surface area contributed by atoms with Crippen molar-refractivity contribution in [1.29, 1.82) is 0 Å². The summed E-state index contributed by atoms with van der Waals surface area (Å²) in [6, 6.07) is 8.04. The Morgan fingerprint density at radius 1 is 1.37 bits per heavy atom. The van der Waals surface area contributed by atoms with Gasteiger partial charge in [0.15, 0.2) is 5.17 Å². The van der Waals surface area contributed by atoms with Crippen molar-refractivity contribution in [2.45, 2.75) is 6.92 Å². The molecule has 1 amide bonds. The van der Waals surface area contributed by atoms with Crippen LogP contribution in [0.3, 0.4) is 0 Å². The maximum Gasteiger partial charge on any atom is 0.236 e.